The number of rotatable bonds is 8. The van der Waals surface area contributed by atoms with Crippen LogP contribution in [0, 0.1) is 6.92 Å². The van der Waals surface area contributed by atoms with Gasteiger partial charge in [-0.05, 0) is 49.9 Å². The number of carbonyl (C=O) groups is 2. The molecule has 0 spiro atoms. The van der Waals surface area contributed by atoms with Crippen LogP contribution in [0.1, 0.15) is 43.7 Å². The second kappa shape index (κ2) is 10.5. The second-order valence-electron chi connectivity index (χ2n) is 7.83. The molecule has 1 atom stereocenters. The minimum atomic E-state index is -0.630. The van der Waals surface area contributed by atoms with E-state index >= 15 is 0 Å². The summed E-state index contributed by atoms with van der Waals surface area (Å²) in [4.78, 5) is 27.5. The van der Waals surface area contributed by atoms with Gasteiger partial charge in [-0.15, -0.1) is 0 Å². The normalized spacial score (nSPS) is 14.9. The fourth-order valence-corrected chi connectivity index (χ4v) is 3.92. The zero-order valence-corrected chi connectivity index (χ0v) is 18.3. The predicted octanol–water partition coefficient (Wildman–Crippen LogP) is 4.50. The van der Waals surface area contributed by atoms with Gasteiger partial charge in [-0.3, -0.25) is 9.59 Å². The number of ether oxygens (including phenoxy) is 1. The van der Waals surface area contributed by atoms with Crippen LogP contribution in [0.5, 0.6) is 5.75 Å². The SMILES string of the molecule is Cc1ccccc1OCC(=O)N(Cc1ccccc1Cl)[C@@H](C)C(=O)NC1CCCC1. The van der Waals surface area contributed by atoms with Crippen molar-refractivity contribution in [3.05, 3.63) is 64.7 Å². The predicted molar refractivity (Wildman–Crippen MR) is 119 cm³/mol. The summed E-state index contributed by atoms with van der Waals surface area (Å²) in [5.74, 6) is 0.261. The molecule has 2 aromatic carbocycles. The van der Waals surface area contributed by atoms with E-state index in [9.17, 15) is 9.59 Å². The summed E-state index contributed by atoms with van der Waals surface area (Å²) in [6, 6.07) is 14.5. The molecule has 0 heterocycles. The lowest BCUT2D eigenvalue weighted by atomic mass is 10.1. The Morgan fingerprint density at radius 3 is 2.50 bits per heavy atom. The Kier molecular flexibility index (Phi) is 7.75. The topological polar surface area (TPSA) is 58.6 Å². The van der Waals surface area contributed by atoms with Gasteiger partial charge < -0.3 is 15.0 Å². The van der Waals surface area contributed by atoms with Gasteiger partial charge in [-0.1, -0.05) is 60.8 Å². The third-order valence-corrected chi connectivity index (χ3v) is 5.98. The van der Waals surface area contributed by atoms with Crippen molar-refractivity contribution < 1.29 is 14.3 Å². The maximum absolute atomic E-state index is 13.1. The van der Waals surface area contributed by atoms with Crippen molar-refractivity contribution in [3.63, 3.8) is 0 Å². The molecule has 160 valence electrons. The van der Waals surface area contributed by atoms with E-state index in [1.54, 1.807) is 17.9 Å². The Morgan fingerprint density at radius 2 is 1.80 bits per heavy atom. The van der Waals surface area contributed by atoms with E-state index < -0.39 is 6.04 Å². The van der Waals surface area contributed by atoms with Crippen molar-refractivity contribution in [1.82, 2.24) is 10.2 Å². The van der Waals surface area contributed by atoms with E-state index in [0.29, 0.717) is 10.8 Å². The highest BCUT2D eigenvalue weighted by Crippen LogP contribution is 2.21. The molecule has 6 heteroatoms. The van der Waals surface area contributed by atoms with Gasteiger partial charge in [0.1, 0.15) is 11.8 Å². The molecule has 30 heavy (non-hydrogen) atoms. The van der Waals surface area contributed by atoms with E-state index in [0.717, 1.165) is 36.8 Å². The zero-order chi connectivity index (χ0) is 21.5. The van der Waals surface area contributed by atoms with Crippen molar-refractivity contribution in [2.75, 3.05) is 6.61 Å². The highest BCUT2D eigenvalue weighted by molar-refractivity contribution is 6.31. The first-order valence-electron chi connectivity index (χ1n) is 10.5. The molecule has 2 aromatic rings. The number of nitrogens with one attached hydrogen (secondary N) is 1. The molecule has 0 bridgehead atoms. The molecular weight excluding hydrogens is 400 g/mol. The number of benzene rings is 2. The van der Waals surface area contributed by atoms with E-state index in [1.807, 2.05) is 49.4 Å². The smallest absolute Gasteiger partial charge is 0.261 e. The number of hydrogen-bond acceptors (Lipinski definition) is 3. The van der Waals surface area contributed by atoms with Crippen LogP contribution in [0.4, 0.5) is 0 Å². The molecule has 0 radical (unpaired) electrons. The highest BCUT2D eigenvalue weighted by atomic mass is 35.5. The average Bonchev–Trinajstić information content (AvgIpc) is 3.25. The van der Waals surface area contributed by atoms with Crippen LogP contribution in [0.2, 0.25) is 5.02 Å². The molecule has 0 aliphatic heterocycles. The monoisotopic (exact) mass is 428 g/mol. The van der Waals surface area contributed by atoms with Gasteiger partial charge in [0.25, 0.3) is 5.91 Å². The fraction of sp³-hybridized carbons (Fsp3) is 0.417. The van der Waals surface area contributed by atoms with Crippen LogP contribution in [0.25, 0.3) is 0 Å². The number of halogens is 1. The van der Waals surface area contributed by atoms with Crippen LogP contribution in [0.15, 0.2) is 48.5 Å². The lowest BCUT2D eigenvalue weighted by Gasteiger charge is -2.30. The summed E-state index contributed by atoms with van der Waals surface area (Å²) in [5.41, 5.74) is 1.75. The highest BCUT2D eigenvalue weighted by Gasteiger charge is 2.29. The Labute approximate surface area is 183 Å². The molecule has 1 aliphatic rings. The maximum atomic E-state index is 13.1. The maximum Gasteiger partial charge on any atom is 0.261 e. The van der Waals surface area contributed by atoms with Gasteiger partial charge in [-0.2, -0.15) is 0 Å². The van der Waals surface area contributed by atoms with Gasteiger partial charge >= 0.3 is 0 Å². The molecule has 1 fully saturated rings. The molecule has 1 N–H and O–H groups in total. The Bertz CT molecular complexity index is 880. The largest absolute Gasteiger partial charge is 0.484 e. The minimum absolute atomic E-state index is 0.141. The minimum Gasteiger partial charge on any atom is -0.484 e. The Morgan fingerprint density at radius 1 is 1.13 bits per heavy atom. The standard InChI is InChI=1S/C24H29ClN2O3/c1-17-9-3-8-14-22(17)30-16-23(28)27(15-19-10-4-7-13-21(19)25)18(2)24(29)26-20-11-5-6-12-20/h3-4,7-10,13-14,18,20H,5-6,11-12,15-16H2,1-2H3,(H,26,29)/t18-/m0/s1. The van der Waals surface area contributed by atoms with Crippen molar-refractivity contribution in [1.29, 1.82) is 0 Å². The molecule has 1 saturated carbocycles. The number of nitrogens with zero attached hydrogens (tertiary/aromatic N) is 1. The fourth-order valence-electron chi connectivity index (χ4n) is 3.73. The molecule has 0 aromatic heterocycles. The van der Waals surface area contributed by atoms with Crippen LogP contribution < -0.4 is 10.1 Å². The summed E-state index contributed by atoms with van der Waals surface area (Å²) in [6.07, 6.45) is 4.25. The first-order valence-corrected chi connectivity index (χ1v) is 10.8. The zero-order valence-electron chi connectivity index (χ0n) is 17.6. The van der Waals surface area contributed by atoms with E-state index in [2.05, 4.69) is 5.32 Å². The number of amides is 2. The first-order chi connectivity index (χ1) is 14.5. The molecule has 0 unspecified atom stereocenters. The third-order valence-electron chi connectivity index (χ3n) is 5.61. The Hall–Kier alpha value is -2.53. The number of para-hydroxylation sites is 1. The number of carbonyl (C=O) groups excluding carboxylic acids is 2. The summed E-state index contributed by atoms with van der Waals surface area (Å²) in [7, 11) is 0. The third kappa shape index (κ3) is 5.76. The van der Waals surface area contributed by atoms with E-state index in [-0.39, 0.29) is 31.0 Å². The van der Waals surface area contributed by atoms with Gasteiger partial charge in [0.15, 0.2) is 6.61 Å². The van der Waals surface area contributed by atoms with Gasteiger partial charge in [0.05, 0.1) is 0 Å². The lowest BCUT2D eigenvalue weighted by molar-refractivity contribution is -0.142. The van der Waals surface area contributed by atoms with Crippen LogP contribution in [-0.4, -0.2) is 35.4 Å². The van der Waals surface area contributed by atoms with E-state index in [4.69, 9.17) is 16.3 Å². The number of aryl methyl sites for hydroxylation is 1. The summed E-state index contributed by atoms with van der Waals surface area (Å²) in [5, 5.41) is 3.66. The second-order valence-corrected chi connectivity index (χ2v) is 8.24. The van der Waals surface area contributed by atoms with Crippen molar-refractivity contribution in [2.45, 2.75) is 58.2 Å². The average molecular weight is 429 g/mol. The van der Waals surface area contributed by atoms with Crippen molar-refractivity contribution >= 4 is 23.4 Å². The number of hydrogen-bond donors (Lipinski definition) is 1. The summed E-state index contributed by atoms with van der Waals surface area (Å²) >= 11 is 6.32. The van der Waals surface area contributed by atoms with Crippen LogP contribution in [-0.2, 0) is 16.1 Å². The molecular formula is C24H29ClN2O3. The van der Waals surface area contributed by atoms with Crippen LogP contribution >= 0.6 is 11.6 Å². The molecule has 1 aliphatic carbocycles. The van der Waals surface area contributed by atoms with Crippen molar-refractivity contribution in [2.24, 2.45) is 0 Å². The van der Waals surface area contributed by atoms with Gasteiger partial charge in [0.2, 0.25) is 5.91 Å². The molecule has 5 nitrogen and oxygen atoms in total. The lowest BCUT2D eigenvalue weighted by Crippen LogP contribution is -2.50. The summed E-state index contributed by atoms with van der Waals surface area (Å²) in [6.45, 7) is 3.79. The molecule has 2 amide bonds. The molecule has 0 saturated heterocycles. The van der Waals surface area contributed by atoms with Gasteiger partial charge in [0, 0.05) is 17.6 Å². The quantitative estimate of drug-likeness (QED) is 0.673. The molecule has 3 rings (SSSR count). The van der Waals surface area contributed by atoms with Gasteiger partial charge in [-0.25, -0.2) is 0 Å². The van der Waals surface area contributed by atoms with E-state index in [1.165, 1.54) is 0 Å². The Balaban J connectivity index is 1.73. The van der Waals surface area contributed by atoms with Crippen LogP contribution in [0.3, 0.4) is 0 Å². The van der Waals surface area contributed by atoms with Crippen molar-refractivity contribution in [3.8, 4) is 5.75 Å². The summed E-state index contributed by atoms with van der Waals surface area (Å²) < 4.78 is 5.75. The first kappa shape index (κ1) is 22.2.